The van der Waals surface area contributed by atoms with E-state index in [1.807, 2.05) is 10.6 Å². The number of urea groups is 2. The van der Waals surface area contributed by atoms with E-state index in [1.165, 1.54) is 0 Å². The molecule has 2 aliphatic rings. The maximum absolute atomic E-state index is 11.5. The number of rotatable bonds is 1. The third-order valence-electron chi connectivity index (χ3n) is 1.96. The lowest BCUT2D eigenvalue weighted by Gasteiger charge is -2.29. The topological polar surface area (TPSA) is 131 Å². The first kappa shape index (κ1) is 11.1. The second-order valence-corrected chi connectivity index (χ2v) is 4.77. The third kappa shape index (κ3) is 1.27. The van der Waals surface area contributed by atoms with E-state index >= 15 is 0 Å². The minimum absolute atomic E-state index is 0.448. The van der Waals surface area contributed by atoms with Gasteiger partial charge in [0.1, 0.15) is 0 Å². The van der Waals surface area contributed by atoms with Crippen molar-refractivity contribution >= 4 is 47.9 Å². The molecule has 0 spiro atoms. The summed E-state index contributed by atoms with van der Waals surface area (Å²) in [7, 11) is -3.34. The Bertz CT molecular complexity index is 477. The number of hydrogen-bond donors (Lipinski definition) is 2. The highest BCUT2D eigenvalue weighted by atomic mass is 79.9. The zero-order valence-corrected chi connectivity index (χ0v) is 9.74. The summed E-state index contributed by atoms with van der Waals surface area (Å²) in [6.45, 7) is 0. The summed E-state index contributed by atoms with van der Waals surface area (Å²) < 4.78 is 11.5. The first-order valence-electron chi connectivity index (χ1n) is 3.76. The fourth-order valence-electron chi connectivity index (χ4n) is 1.28. The Morgan fingerprint density at radius 3 is 2.56 bits per heavy atom. The van der Waals surface area contributed by atoms with Crippen molar-refractivity contribution < 1.29 is 23.8 Å². The normalized spacial score (nSPS) is 29.4. The summed E-state index contributed by atoms with van der Waals surface area (Å²) >= 11 is 2.60. The molecule has 1 saturated heterocycles. The van der Waals surface area contributed by atoms with Gasteiger partial charge in [-0.05, 0) is 0 Å². The largest absolute Gasteiger partial charge is 0.592 e. The van der Waals surface area contributed by atoms with E-state index in [0.29, 0.717) is 3.93 Å². The first-order valence-corrected chi connectivity index (χ1v) is 5.65. The van der Waals surface area contributed by atoms with Crippen molar-refractivity contribution in [1.82, 2.24) is 14.6 Å². The molecule has 2 N–H and O–H groups in total. The predicted molar refractivity (Wildman–Crippen MR) is 50.6 cm³/mol. The highest BCUT2D eigenvalue weighted by molar-refractivity contribution is 9.08. The predicted octanol–water partition coefficient (Wildman–Crippen LogP) is -1.23. The van der Waals surface area contributed by atoms with Crippen LogP contribution in [-0.2, 0) is 9.36 Å². The Hall–Kier alpha value is -1.38. The van der Waals surface area contributed by atoms with Gasteiger partial charge in [-0.2, -0.15) is 8.92 Å². The van der Waals surface area contributed by atoms with Crippen molar-refractivity contribution in [1.29, 1.82) is 0 Å². The molecule has 2 aliphatic heterocycles. The van der Waals surface area contributed by atoms with Crippen molar-refractivity contribution in [2.75, 3.05) is 0 Å². The van der Waals surface area contributed by atoms with Gasteiger partial charge in [0.15, 0.2) is 0 Å². The summed E-state index contributed by atoms with van der Waals surface area (Å²) in [5, 5.41) is 1.64. The summed E-state index contributed by atoms with van der Waals surface area (Å²) in [6.07, 6.45) is 0. The van der Waals surface area contributed by atoms with Crippen molar-refractivity contribution in [3.63, 3.8) is 0 Å². The molecule has 2 rings (SSSR count). The Labute approximate surface area is 97.1 Å². The molecule has 2 heterocycles. The van der Waals surface area contributed by atoms with Gasteiger partial charge in [0, 0.05) is 0 Å². The van der Waals surface area contributed by atoms with Gasteiger partial charge in [-0.3, -0.25) is 15.4 Å². The summed E-state index contributed by atoms with van der Waals surface area (Å²) in [5.74, 6) is -1.01. The SMILES string of the molecule is O=C1N=C2C(=O)N(Br)C(=O)NC2([P+](=O)[O-])N1. The van der Waals surface area contributed by atoms with Crippen LogP contribution >= 0.6 is 24.2 Å². The summed E-state index contributed by atoms with van der Waals surface area (Å²) in [5.41, 5.74) is -0.593. The number of hydrogen-bond acceptors (Lipinski definition) is 5. The number of imide groups is 1. The van der Waals surface area contributed by atoms with Gasteiger partial charge in [0.2, 0.25) is 5.71 Å². The van der Waals surface area contributed by atoms with E-state index in [2.05, 4.69) is 21.1 Å². The number of amides is 5. The van der Waals surface area contributed by atoms with E-state index in [4.69, 9.17) is 0 Å². The Kier molecular flexibility index (Phi) is 2.30. The minimum atomic E-state index is -3.34. The Balaban J connectivity index is 2.56. The molecule has 84 valence electrons. The molecule has 16 heavy (non-hydrogen) atoms. The molecule has 0 aliphatic carbocycles. The van der Waals surface area contributed by atoms with E-state index in [-0.39, 0.29) is 0 Å². The number of fused-ring (bicyclic) bond motifs is 1. The number of carbonyl (C=O) groups excluding carboxylic acids is 3. The fraction of sp³-hybridized carbons (Fsp3) is 0.200. The maximum atomic E-state index is 11.5. The molecule has 2 unspecified atom stereocenters. The van der Waals surface area contributed by atoms with Crippen LogP contribution < -0.4 is 15.5 Å². The molecule has 11 heteroatoms. The van der Waals surface area contributed by atoms with Gasteiger partial charge in [-0.1, -0.05) is 4.57 Å². The number of aliphatic imine (C=N–C) groups is 1. The van der Waals surface area contributed by atoms with Crippen LogP contribution in [0.5, 0.6) is 0 Å². The van der Waals surface area contributed by atoms with Crippen LogP contribution in [0, 0.1) is 0 Å². The standard InChI is InChI=1S/C5H2BrN4O5P/c6-10-2(11)1-5(16(14)15,9-4(10)13)8-3(12)7-1/h(H,8,12)(H,9,13). The van der Waals surface area contributed by atoms with Crippen LogP contribution in [-0.4, -0.2) is 33.0 Å². The lowest BCUT2D eigenvalue weighted by atomic mass is 10.2. The zero-order valence-electron chi connectivity index (χ0n) is 7.26. The van der Waals surface area contributed by atoms with Gasteiger partial charge in [0.05, 0.1) is 16.1 Å². The molecule has 0 radical (unpaired) electrons. The molecule has 0 aromatic rings. The van der Waals surface area contributed by atoms with Crippen LogP contribution in [0.25, 0.3) is 0 Å². The number of nitrogens with one attached hydrogen (secondary N) is 2. The molecular weight excluding hydrogens is 307 g/mol. The minimum Gasteiger partial charge on any atom is -0.592 e. The first-order chi connectivity index (χ1) is 7.38. The van der Waals surface area contributed by atoms with Gasteiger partial charge < -0.3 is 4.89 Å². The van der Waals surface area contributed by atoms with Crippen LogP contribution in [0.1, 0.15) is 0 Å². The Morgan fingerprint density at radius 1 is 1.38 bits per heavy atom. The molecule has 5 amide bonds. The molecular formula is C5H2BrN4O5P. The van der Waals surface area contributed by atoms with Crippen molar-refractivity contribution in [2.45, 2.75) is 5.40 Å². The van der Waals surface area contributed by atoms with Crippen molar-refractivity contribution in [2.24, 2.45) is 4.99 Å². The summed E-state index contributed by atoms with van der Waals surface area (Å²) in [6, 6.07) is -2.02. The molecule has 0 aromatic heterocycles. The molecule has 0 aromatic carbocycles. The molecule has 2 atom stereocenters. The molecule has 0 saturated carbocycles. The van der Waals surface area contributed by atoms with Crippen LogP contribution in [0.2, 0.25) is 0 Å². The van der Waals surface area contributed by atoms with E-state index in [1.54, 1.807) is 0 Å². The molecule has 0 bridgehead atoms. The maximum Gasteiger partial charge on any atom is 0.368 e. The van der Waals surface area contributed by atoms with Crippen LogP contribution in [0.3, 0.4) is 0 Å². The number of halogens is 1. The summed E-state index contributed by atoms with van der Waals surface area (Å²) in [4.78, 5) is 48.0. The van der Waals surface area contributed by atoms with Crippen LogP contribution in [0.4, 0.5) is 9.59 Å². The molecule has 1 fully saturated rings. The average Bonchev–Trinajstić information content (AvgIpc) is 2.53. The number of nitrogens with zero attached hydrogens (tertiary/aromatic N) is 2. The van der Waals surface area contributed by atoms with E-state index < -0.39 is 37.1 Å². The van der Waals surface area contributed by atoms with E-state index in [9.17, 15) is 23.8 Å². The highest BCUT2D eigenvalue weighted by Crippen LogP contribution is 2.35. The third-order valence-corrected chi connectivity index (χ3v) is 3.59. The fourth-order valence-corrected chi connectivity index (χ4v) is 2.23. The monoisotopic (exact) mass is 308 g/mol. The van der Waals surface area contributed by atoms with Crippen molar-refractivity contribution in [3.05, 3.63) is 0 Å². The van der Waals surface area contributed by atoms with Crippen molar-refractivity contribution in [3.8, 4) is 0 Å². The second-order valence-electron chi connectivity index (χ2n) is 2.87. The van der Waals surface area contributed by atoms with Crippen LogP contribution in [0.15, 0.2) is 4.99 Å². The van der Waals surface area contributed by atoms with Gasteiger partial charge in [-0.15, -0.1) is 0 Å². The van der Waals surface area contributed by atoms with E-state index in [0.717, 1.165) is 0 Å². The average molecular weight is 309 g/mol. The van der Waals surface area contributed by atoms with Gasteiger partial charge in [-0.25, -0.2) is 9.59 Å². The van der Waals surface area contributed by atoms with Gasteiger partial charge in [0.25, 0.3) is 5.91 Å². The van der Waals surface area contributed by atoms with Gasteiger partial charge >= 0.3 is 25.5 Å². The smallest absolute Gasteiger partial charge is 0.368 e. The second kappa shape index (κ2) is 3.30. The highest BCUT2D eigenvalue weighted by Gasteiger charge is 2.63. The lowest BCUT2D eigenvalue weighted by molar-refractivity contribution is -0.169. The zero-order chi connectivity index (χ0) is 12.1. The molecule has 9 nitrogen and oxygen atoms in total. The quantitative estimate of drug-likeness (QED) is 0.462. The Morgan fingerprint density at radius 2 is 2.00 bits per heavy atom. The lowest BCUT2D eigenvalue weighted by Crippen LogP contribution is -2.69. The number of carbonyl (C=O) groups is 3.